The topological polar surface area (TPSA) is 29.3 Å². The Bertz CT molecular complexity index is 114. The lowest BCUT2D eigenvalue weighted by Gasteiger charge is -2.22. The fraction of sp³-hybridized carbons (Fsp3) is 1.00. The molecule has 0 radical (unpaired) electrons. The van der Waals surface area contributed by atoms with Crippen LogP contribution < -0.4 is 5.73 Å². The summed E-state index contributed by atoms with van der Waals surface area (Å²) in [4.78, 5) is 2.55. The van der Waals surface area contributed by atoms with Crippen molar-refractivity contribution in [3.05, 3.63) is 0 Å². The molecule has 0 saturated carbocycles. The van der Waals surface area contributed by atoms with E-state index in [1.165, 1.54) is 25.9 Å². The standard InChI is InChI=1S/C9H20N2/c1-3-8(2)11-5-4-9(6-10)7-11/h8-9H,3-7,10H2,1-2H3/t8-,9-/m0/s1. The third-order valence-corrected chi connectivity index (χ3v) is 2.86. The second-order valence-corrected chi connectivity index (χ2v) is 3.64. The van der Waals surface area contributed by atoms with Gasteiger partial charge in [0, 0.05) is 12.6 Å². The van der Waals surface area contributed by atoms with Crippen LogP contribution in [0.3, 0.4) is 0 Å². The van der Waals surface area contributed by atoms with Crippen LogP contribution in [-0.4, -0.2) is 30.6 Å². The van der Waals surface area contributed by atoms with Gasteiger partial charge in [0.2, 0.25) is 0 Å². The van der Waals surface area contributed by atoms with Gasteiger partial charge < -0.3 is 10.6 Å². The number of rotatable bonds is 3. The number of hydrogen-bond acceptors (Lipinski definition) is 2. The molecular weight excluding hydrogens is 136 g/mol. The van der Waals surface area contributed by atoms with E-state index in [0.717, 1.165) is 18.5 Å². The summed E-state index contributed by atoms with van der Waals surface area (Å²) in [5.74, 6) is 0.768. The maximum Gasteiger partial charge on any atom is 0.00644 e. The van der Waals surface area contributed by atoms with Crippen molar-refractivity contribution in [2.45, 2.75) is 32.7 Å². The highest BCUT2D eigenvalue weighted by Crippen LogP contribution is 2.18. The Morgan fingerprint density at radius 1 is 1.64 bits per heavy atom. The van der Waals surface area contributed by atoms with Crippen LogP contribution in [0.1, 0.15) is 26.7 Å². The van der Waals surface area contributed by atoms with Gasteiger partial charge in [0.25, 0.3) is 0 Å². The molecule has 66 valence electrons. The van der Waals surface area contributed by atoms with Crippen LogP contribution >= 0.6 is 0 Å². The fourth-order valence-electron chi connectivity index (χ4n) is 1.71. The van der Waals surface area contributed by atoms with Crippen molar-refractivity contribution >= 4 is 0 Å². The van der Waals surface area contributed by atoms with E-state index in [4.69, 9.17) is 5.73 Å². The first-order valence-corrected chi connectivity index (χ1v) is 4.72. The van der Waals surface area contributed by atoms with Crippen LogP contribution in [0.2, 0.25) is 0 Å². The zero-order chi connectivity index (χ0) is 8.27. The molecule has 2 atom stereocenters. The lowest BCUT2D eigenvalue weighted by molar-refractivity contribution is 0.244. The summed E-state index contributed by atoms with van der Waals surface area (Å²) in [6.45, 7) is 7.91. The number of nitrogens with zero attached hydrogens (tertiary/aromatic N) is 1. The third kappa shape index (κ3) is 2.17. The van der Waals surface area contributed by atoms with Gasteiger partial charge >= 0.3 is 0 Å². The molecule has 0 aromatic carbocycles. The average Bonchev–Trinajstić information content (AvgIpc) is 2.50. The van der Waals surface area contributed by atoms with Crippen LogP contribution in [-0.2, 0) is 0 Å². The molecular formula is C9H20N2. The summed E-state index contributed by atoms with van der Waals surface area (Å²) in [5, 5.41) is 0. The molecule has 2 N–H and O–H groups in total. The van der Waals surface area contributed by atoms with Crippen LogP contribution in [0.25, 0.3) is 0 Å². The summed E-state index contributed by atoms with van der Waals surface area (Å²) in [6, 6.07) is 0.756. The van der Waals surface area contributed by atoms with Gasteiger partial charge in [-0.15, -0.1) is 0 Å². The minimum Gasteiger partial charge on any atom is -0.330 e. The van der Waals surface area contributed by atoms with E-state index in [-0.39, 0.29) is 0 Å². The predicted molar refractivity (Wildman–Crippen MR) is 48.5 cm³/mol. The highest BCUT2D eigenvalue weighted by Gasteiger charge is 2.23. The van der Waals surface area contributed by atoms with Crippen LogP contribution in [0, 0.1) is 5.92 Å². The molecule has 2 heteroatoms. The number of hydrogen-bond donors (Lipinski definition) is 1. The first kappa shape index (κ1) is 9.01. The molecule has 1 heterocycles. The second kappa shape index (κ2) is 4.07. The number of nitrogens with two attached hydrogens (primary N) is 1. The molecule has 2 nitrogen and oxygen atoms in total. The lowest BCUT2D eigenvalue weighted by Crippen LogP contribution is -2.31. The molecule has 1 aliphatic rings. The molecule has 1 saturated heterocycles. The molecule has 1 fully saturated rings. The van der Waals surface area contributed by atoms with E-state index < -0.39 is 0 Å². The minimum absolute atomic E-state index is 0.756. The zero-order valence-electron chi connectivity index (χ0n) is 7.71. The summed E-state index contributed by atoms with van der Waals surface area (Å²) in [7, 11) is 0. The van der Waals surface area contributed by atoms with Gasteiger partial charge in [-0.3, -0.25) is 0 Å². The molecule has 0 amide bonds. The largest absolute Gasteiger partial charge is 0.330 e. The molecule has 1 aliphatic heterocycles. The fourth-order valence-corrected chi connectivity index (χ4v) is 1.71. The maximum atomic E-state index is 5.61. The predicted octanol–water partition coefficient (Wildman–Crippen LogP) is 1.07. The molecule has 0 aliphatic carbocycles. The smallest absolute Gasteiger partial charge is 0.00644 e. The van der Waals surface area contributed by atoms with Crippen molar-refractivity contribution in [3.63, 3.8) is 0 Å². The van der Waals surface area contributed by atoms with E-state index in [2.05, 4.69) is 18.7 Å². The maximum absolute atomic E-state index is 5.61. The minimum atomic E-state index is 0.756. The highest BCUT2D eigenvalue weighted by molar-refractivity contribution is 4.79. The van der Waals surface area contributed by atoms with E-state index in [1.807, 2.05) is 0 Å². The molecule has 0 aromatic rings. The van der Waals surface area contributed by atoms with E-state index in [1.54, 1.807) is 0 Å². The lowest BCUT2D eigenvalue weighted by atomic mass is 10.1. The number of likely N-dealkylation sites (tertiary alicyclic amines) is 1. The van der Waals surface area contributed by atoms with Crippen molar-refractivity contribution in [1.29, 1.82) is 0 Å². The van der Waals surface area contributed by atoms with Gasteiger partial charge in [-0.05, 0) is 38.8 Å². The van der Waals surface area contributed by atoms with Gasteiger partial charge in [-0.1, -0.05) is 6.92 Å². The summed E-state index contributed by atoms with van der Waals surface area (Å²) < 4.78 is 0. The van der Waals surface area contributed by atoms with Crippen molar-refractivity contribution in [2.75, 3.05) is 19.6 Å². The zero-order valence-corrected chi connectivity index (χ0v) is 7.71. The van der Waals surface area contributed by atoms with Gasteiger partial charge in [0.05, 0.1) is 0 Å². The van der Waals surface area contributed by atoms with Gasteiger partial charge in [0.1, 0.15) is 0 Å². The van der Waals surface area contributed by atoms with Gasteiger partial charge in [0.15, 0.2) is 0 Å². The van der Waals surface area contributed by atoms with Crippen molar-refractivity contribution in [1.82, 2.24) is 4.90 Å². The van der Waals surface area contributed by atoms with Crippen LogP contribution in [0.5, 0.6) is 0 Å². The van der Waals surface area contributed by atoms with Gasteiger partial charge in [-0.2, -0.15) is 0 Å². The Kier molecular flexibility index (Phi) is 3.34. The SMILES string of the molecule is CC[C@H](C)N1CC[C@@H](CN)C1. The normalized spacial score (nSPS) is 29.2. The second-order valence-electron chi connectivity index (χ2n) is 3.64. The Balaban J connectivity index is 2.29. The summed E-state index contributed by atoms with van der Waals surface area (Å²) in [5.41, 5.74) is 5.61. The van der Waals surface area contributed by atoms with Crippen molar-refractivity contribution in [2.24, 2.45) is 11.7 Å². The molecule has 1 rings (SSSR count). The van der Waals surface area contributed by atoms with Gasteiger partial charge in [-0.25, -0.2) is 0 Å². The van der Waals surface area contributed by atoms with Crippen LogP contribution in [0.15, 0.2) is 0 Å². The first-order chi connectivity index (χ1) is 5.27. The summed E-state index contributed by atoms with van der Waals surface area (Å²) in [6.07, 6.45) is 2.57. The molecule has 0 aromatic heterocycles. The van der Waals surface area contributed by atoms with Crippen LogP contribution in [0.4, 0.5) is 0 Å². The Hall–Kier alpha value is -0.0800. The summed E-state index contributed by atoms with van der Waals surface area (Å²) >= 11 is 0. The molecule has 0 unspecified atom stereocenters. The Labute approximate surface area is 69.8 Å². The molecule has 0 spiro atoms. The van der Waals surface area contributed by atoms with E-state index >= 15 is 0 Å². The Morgan fingerprint density at radius 2 is 2.36 bits per heavy atom. The van der Waals surface area contributed by atoms with E-state index in [9.17, 15) is 0 Å². The third-order valence-electron chi connectivity index (χ3n) is 2.86. The highest BCUT2D eigenvalue weighted by atomic mass is 15.2. The van der Waals surface area contributed by atoms with E-state index in [0.29, 0.717) is 0 Å². The van der Waals surface area contributed by atoms with Crippen molar-refractivity contribution < 1.29 is 0 Å². The average molecular weight is 156 g/mol. The first-order valence-electron chi connectivity index (χ1n) is 4.72. The molecule has 0 bridgehead atoms. The Morgan fingerprint density at radius 3 is 2.82 bits per heavy atom. The quantitative estimate of drug-likeness (QED) is 0.662. The van der Waals surface area contributed by atoms with Crippen molar-refractivity contribution in [3.8, 4) is 0 Å². The molecule has 11 heavy (non-hydrogen) atoms. The monoisotopic (exact) mass is 156 g/mol.